The van der Waals surface area contributed by atoms with Gasteiger partial charge in [-0.2, -0.15) is 0 Å². The van der Waals surface area contributed by atoms with E-state index in [1.807, 2.05) is 14.0 Å². The number of nitrogens with zero attached hydrogens (tertiary/aromatic N) is 2. The minimum Gasteiger partial charge on any atom is -0.312 e. The fraction of sp³-hybridized carbons (Fsp3) is 0.818. The number of rotatable bonds is 6. The van der Waals surface area contributed by atoms with E-state index >= 15 is 0 Å². The van der Waals surface area contributed by atoms with Crippen LogP contribution in [0, 0.1) is 12.8 Å². The Morgan fingerprint density at radius 2 is 2.00 bits per heavy atom. The fourth-order valence-corrected chi connectivity index (χ4v) is 2.63. The van der Waals surface area contributed by atoms with Gasteiger partial charge in [0.2, 0.25) is 0 Å². The summed E-state index contributed by atoms with van der Waals surface area (Å²) < 4.78 is 4.00. The molecule has 86 valence electrons. The normalized spacial score (nSPS) is 13.4. The molecule has 1 heterocycles. The second-order valence-electron chi connectivity index (χ2n) is 3.98. The zero-order chi connectivity index (χ0) is 11.3. The standard InChI is InChI=1S/C11H21N3S/c1-5-9(6-2)7-10(12-4)11-8(3)13-14-15-11/h9-10,12H,5-7H2,1-4H3. The predicted octanol–water partition coefficient (Wildman–Crippen LogP) is 2.93. The summed E-state index contributed by atoms with van der Waals surface area (Å²) in [7, 11) is 2.02. The van der Waals surface area contributed by atoms with Crippen molar-refractivity contribution in [2.75, 3.05) is 7.05 Å². The van der Waals surface area contributed by atoms with Crippen molar-refractivity contribution in [3.8, 4) is 0 Å². The average molecular weight is 227 g/mol. The van der Waals surface area contributed by atoms with Gasteiger partial charge in [-0.3, -0.25) is 0 Å². The lowest BCUT2D eigenvalue weighted by atomic mass is 9.94. The molecule has 3 nitrogen and oxygen atoms in total. The summed E-state index contributed by atoms with van der Waals surface area (Å²) >= 11 is 1.52. The van der Waals surface area contributed by atoms with Gasteiger partial charge in [-0.25, -0.2) is 0 Å². The molecule has 0 aromatic carbocycles. The zero-order valence-corrected chi connectivity index (χ0v) is 10.9. The highest BCUT2D eigenvalue weighted by Gasteiger charge is 2.18. The Bertz CT molecular complexity index is 281. The van der Waals surface area contributed by atoms with E-state index in [4.69, 9.17) is 0 Å². The Balaban J connectivity index is 2.68. The molecule has 1 rings (SSSR count). The van der Waals surface area contributed by atoms with Crippen LogP contribution in [0.2, 0.25) is 0 Å². The molecule has 0 aliphatic rings. The first-order valence-corrected chi connectivity index (χ1v) is 6.46. The second kappa shape index (κ2) is 6.18. The van der Waals surface area contributed by atoms with Crippen molar-refractivity contribution in [1.29, 1.82) is 0 Å². The molecule has 1 aromatic rings. The summed E-state index contributed by atoms with van der Waals surface area (Å²) in [5.74, 6) is 0.795. The minimum atomic E-state index is 0.426. The molecule has 1 unspecified atom stereocenters. The highest BCUT2D eigenvalue weighted by atomic mass is 32.1. The van der Waals surface area contributed by atoms with Crippen LogP contribution in [0.1, 0.15) is 49.7 Å². The van der Waals surface area contributed by atoms with Crippen molar-refractivity contribution in [1.82, 2.24) is 14.9 Å². The van der Waals surface area contributed by atoms with Crippen molar-refractivity contribution >= 4 is 11.5 Å². The van der Waals surface area contributed by atoms with Gasteiger partial charge in [0.25, 0.3) is 0 Å². The first-order valence-electron chi connectivity index (χ1n) is 5.68. The third kappa shape index (κ3) is 3.24. The van der Waals surface area contributed by atoms with Crippen molar-refractivity contribution in [3.63, 3.8) is 0 Å². The van der Waals surface area contributed by atoms with Crippen molar-refractivity contribution in [2.45, 2.75) is 46.1 Å². The van der Waals surface area contributed by atoms with Crippen LogP contribution < -0.4 is 5.32 Å². The van der Waals surface area contributed by atoms with Crippen molar-refractivity contribution < 1.29 is 0 Å². The second-order valence-corrected chi connectivity index (χ2v) is 4.77. The van der Waals surface area contributed by atoms with Gasteiger partial charge in [0.15, 0.2) is 0 Å². The van der Waals surface area contributed by atoms with E-state index < -0.39 is 0 Å². The van der Waals surface area contributed by atoms with E-state index in [0.717, 1.165) is 11.6 Å². The summed E-state index contributed by atoms with van der Waals surface area (Å²) in [6.45, 7) is 6.56. The van der Waals surface area contributed by atoms with Gasteiger partial charge < -0.3 is 5.32 Å². The Morgan fingerprint density at radius 3 is 2.40 bits per heavy atom. The summed E-state index contributed by atoms with van der Waals surface area (Å²) in [5.41, 5.74) is 1.07. The van der Waals surface area contributed by atoms with Crippen molar-refractivity contribution in [2.24, 2.45) is 5.92 Å². The highest BCUT2D eigenvalue weighted by Crippen LogP contribution is 2.28. The van der Waals surface area contributed by atoms with Crippen LogP contribution in [0.5, 0.6) is 0 Å². The number of aromatic nitrogens is 2. The molecular weight excluding hydrogens is 206 g/mol. The number of nitrogens with one attached hydrogen (secondary N) is 1. The molecule has 0 amide bonds. The summed E-state index contributed by atoms with van der Waals surface area (Å²) in [5, 5.41) is 7.45. The van der Waals surface area contributed by atoms with Crippen LogP contribution >= 0.6 is 11.5 Å². The average Bonchev–Trinajstić information content (AvgIpc) is 2.67. The lowest BCUT2D eigenvalue weighted by Gasteiger charge is -2.20. The lowest BCUT2D eigenvalue weighted by Crippen LogP contribution is -2.19. The maximum absolute atomic E-state index is 4.07. The predicted molar refractivity (Wildman–Crippen MR) is 65.1 cm³/mol. The number of aryl methyl sites for hydroxylation is 1. The maximum atomic E-state index is 4.07. The van der Waals surface area contributed by atoms with Crippen LogP contribution in [0.3, 0.4) is 0 Å². The van der Waals surface area contributed by atoms with Gasteiger partial charge in [-0.1, -0.05) is 31.2 Å². The third-order valence-electron chi connectivity index (χ3n) is 3.08. The quantitative estimate of drug-likeness (QED) is 0.812. The molecule has 0 bridgehead atoms. The zero-order valence-electron chi connectivity index (χ0n) is 10.1. The maximum Gasteiger partial charge on any atom is 0.0772 e. The van der Waals surface area contributed by atoms with Gasteiger partial charge in [-0.15, -0.1) is 5.10 Å². The van der Waals surface area contributed by atoms with Crippen LogP contribution in [-0.4, -0.2) is 16.6 Å². The van der Waals surface area contributed by atoms with E-state index in [1.165, 1.54) is 35.7 Å². The Hall–Kier alpha value is -0.480. The monoisotopic (exact) mass is 227 g/mol. The first-order chi connectivity index (χ1) is 7.22. The Kier molecular flexibility index (Phi) is 5.19. The SMILES string of the molecule is CCC(CC)CC(NC)c1snnc1C. The summed E-state index contributed by atoms with van der Waals surface area (Å²) in [6.07, 6.45) is 3.69. The van der Waals surface area contributed by atoms with Gasteiger partial charge in [0, 0.05) is 6.04 Å². The highest BCUT2D eigenvalue weighted by molar-refractivity contribution is 7.05. The molecule has 15 heavy (non-hydrogen) atoms. The van der Waals surface area contributed by atoms with Gasteiger partial charge in [0.05, 0.1) is 10.6 Å². The smallest absolute Gasteiger partial charge is 0.0772 e. The van der Waals surface area contributed by atoms with E-state index in [0.29, 0.717) is 6.04 Å². The van der Waals surface area contributed by atoms with Crippen LogP contribution in [0.4, 0.5) is 0 Å². The molecule has 0 saturated heterocycles. The molecule has 0 fully saturated rings. The number of hydrogen-bond acceptors (Lipinski definition) is 4. The molecule has 1 N–H and O–H groups in total. The lowest BCUT2D eigenvalue weighted by molar-refractivity contribution is 0.387. The molecule has 0 saturated carbocycles. The first kappa shape index (κ1) is 12.6. The molecule has 1 atom stereocenters. The molecule has 0 spiro atoms. The topological polar surface area (TPSA) is 37.8 Å². The molecule has 0 aliphatic heterocycles. The van der Waals surface area contributed by atoms with Crippen LogP contribution in [0.25, 0.3) is 0 Å². The Labute approximate surface area is 96.5 Å². The van der Waals surface area contributed by atoms with E-state index in [9.17, 15) is 0 Å². The Morgan fingerprint density at radius 1 is 1.33 bits per heavy atom. The van der Waals surface area contributed by atoms with E-state index in [1.54, 1.807) is 0 Å². The summed E-state index contributed by atoms with van der Waals surface area (Å²) in [6, 6.07) is 0.426. The van der Waals surface area contributed by atoms with Gasteiger partial charge >= 0.3 is 0 Å². The van der Waals surface area contributed by atoms with Gasteiger partial charge in [-0.05, 0) is 37.8 Å². The van der Waals surface area contributed by atoms with Crippen molar-refractivity contribution in [3.05, 3.63) is 10.6 Å². The molecule has 1 aromatic heterocycles. The third-order valence-corrected chi connectivity index (χ3v) is 4.02. The molecule has 4 heteroatoms. The summed E-state index contributed by atoms with van der Waals surface area (Å²) in [4.78, 5) is 1.30. The molecule has 0 radical (unpaired) electrons. The van der Waals surface area contributed by atoms with Gasteiger partial charge in [0.1, 0.15) is 0 Å². The van der Waals surface area contributed by atoms with Crippen LogP contribution in [-0.2, 0) is 0 Å². The van der Waals surface area contributed by atoms with E-state index in [2.05, 4.69) is 28.8 Å². The minimum absolute atomic E-state index is 0.426. The largest absolute Gasteiger partial charge is 0.312 e. The number of hydrogen-bond donors (Lipinski definition) is 1. The molecular formula is C11H21N3S. The van der Waals surface area contributed by atoms with E-state index in [-0.39, 0.29) is 0 Å². The fourth-order valence-electron chi connectivity index (χ4n) is 1.87. The van der Waals surface area contributed by atoms with Crippen LogP contribution in [0.15, 0.2) is 0 Å². The molecule has 0 aliphatic carbocycles.